The molecule has 3 heteroatoms. The van der Waals surface area contributed by atoms with E-state index >= 15 is 0 Å². The maximum absolute atomic E-state index is 11.2. The fraction of sp³-hybridized carbons (Fsp3) is 0.778. The third kappa shape index (κ3) is 3.03. The van der Waals surface area contributed by atoms with Gasteiger partial charge in [-0.2, -0.15) is 0 Å². The highest BCUT2D eigenvalue weighted by Crippen LogP contribution is 2.06. The predicted molar refractivity (Wildman–Crippen MR) is 47.8 cm³/mol. The highest BCUT2D eigenvalue weighted by molar-refractivity contribution is 6.01. The van der Waals surface area contributed by atoms with E-state index in [9.17, 15) is 9.59 Å². The Morgan fingerprint density at radius 1 is 1.25 bits per heavy atom. The fourth-order valence-electron chi connectivity index (χ4n) is 1.10. The molecular weight excluding hydrogens is 154 g/mol. The van der Waals surface area contributed by atoms with Gasteiger partial charge in [-0.05, 0) is 13.3 Å². The van der Waals surface area contributed by atoms with Crippen LogP contribution in [-0.2, 0) is 9.59 Å². The van der Waals surface area contributed by atoms with Crippen molar-refractivity contribution in [2.75, 3.05) is 6.54 Å². The quantitative estimate of drug-likeness (QED) is 0.630. The molecule has 1 atom stereocenters. The number of carbonyl (C=O) groups is 2. The summed E-state index contributed by atoms with van der Waals surface area (Å²) >= 11 is 0. The fourth-order valence-corrected chi connectivity index (χ4v) is 1.10. The Hall–Kier alpha value is -0.860. The summed E-state index contributed by atoms with van der Waals surface area (Å²) in [6.07, 6.45) is 1.04. The third-order valence-electron chi connectivity index (χ3n) is 1.81. The third-order valence-corrected chi connectivity index (χ3v) is 1.81. The molecule has 0 radical (unpaired) electrons. The molecule has 0 rings (SSSR count). The summed E-state index contributed by atoms with van der Waals surface area (Å²) in [5.41, 5.74) is 0. The summed E-state index contributed by atoms with van der Waals surface area (Å²) < 4.78 is 0. The van der Waals surface area contributed by atoms with Gasteiger partial charge in [-0.25, -0.2) is 0 Å². The van der Waals surface area contributed by atoms with Gasteiger partial charge in [-0.3, -0.25) is 9.59 Å². The Kier molecular flexibility index (Phi) is 5.34. The molecule has 0 saturated heterocycles. The molecular formula is C9H17NO2. The maximum atomic E-state index is 11.2. The zero-order valence-electron chi connectivity index (χ0n) is 8.02. The molecule has 0 aromatic heterocycles. The zero-order chi connectivity index (χ0) is 9.56. The topological polar surface area (TPSA) is 46.2 Å². The lowest BCUT2D eigenvalue weighted by Crippen LogP contribution is -2.34. The molecule has 0 aromatic rings. The Balaban J connectivity index is 4.14. The molecule has 0 aromatic carbocycles. The van der Waals surface area contributed by atoms with Crippen molar-refractivity contribution in [3.05, 3.63) is 0 Å². The van der Waals surface area contributed by atoms with E-state index in [1.807, 2.05) is 13.8 Å². The number of amides is 1. The number of nitrogens with one attached hydrogen (secondary N) is 1. The Labute approximate surface area is 73.5 Å². The van der Waals surface area contributed by atoms with Crippen LogP contribution in [0.1, 0.15) is 33.6 Å². The Morgan fingerprint density at radius 3 is 2.17 bits per heavy atom. The molecule has 0 spiro atoms. The SMILES string of the molecule is CCNC(=O)C(CC)C(=O)CC. The monoisotopic (exact) mass is 171 g/mol. The first-order chi connectivity index (χ1) is 5.67. The van der Waals surface area contributed by atoms with Gasteiger partial charge in [0.25, 0.3) is 0 Å². The smallest absolute Gasteiger partial charge is 0.230 e. The van der Waals surface area contributed by atoms with Crippen LogP contribution >= 0.6 is 0 Å². The predicted octanol–water partition coefficient (Wildman–Crippen LogP) is 1.13. The second-order valence-electron chi connectivity index (χ2n) is 2.68. The van der Waals surface area contributed by atoms with Gasteiger partial charge in [0.2, 0.25) is 5.91 Å². The number of ketones is 1. The van der Waals surface area contributed by atoms with Crippen LogP contribution in [0.5, 0.6) is 0 Å². The molecule has 0 aliphatic carbocycles. The van der Waals surface area contributed by atoms with Crippen molar-refractivity contribution in [1.82, 2.24) is 5.32 Å². The van der Waals surface area contributed by atoms with Gasteiger partial charge >= 0.3 is 0 Å². The maximum Gasteiger partial charge on any atom is 0.230 e. The van der Waals surface area contributed by atoms with Crippen molar-refractivity contribution >= 4 is 11.7 Å². The van der Waals surface area contributed by atoms with E-state index in [2.05, 4.69) is 5.32 Å². The average molecular weight is 171 g/mol. The molecule has 70 valence electrons. The summed E-state index contributed by atoms with van der Waals surface area (Å²) in [5, 5.41) is 2.65. The van der Waals surface area contributed by atoms with E-state index in [1.54, 1.807) is 6.92 Å². The lowest BCUT2D eigenvalue weighted by atomic mass is 9.98. The van der Waals surface area contributed by atoms with Crippen LogP contribution in [0.4, 0.5) is 0 Å². The van der Waals surface area contributed by atoms with Gasteiger partial charge in [0.1, 0.15) is 5.78 Å². The number of hydrogen-bond acceptors (Lipinski definition) is 2. The van der Waals surface area contributed by atoms with E-state index in [0.717, 1.165) is 0 Å². The first kappa shape index (κ1) is 11.1. The molecule has 3 nitrogen and oxygen atoms in total. The molecule has 0 fully saturated rings. The molecule has 1 unspecified atom stereocenters. The van der Waals surface area contributed by atoms with Crippen molar-refractivity contribution in [3.8, 4) is 0 Å². The van der Waals surface area contributed by atoms with Crippen molar-refractivity contribution in [2.45, 2.75) is 33.6 Å². The zero-order valence-corrected chi connectivity index (χ0v) is 8.02. The second-order valence-corrected chi connectivity index (χ2v) is 2.68. The first-order valence-electron chi connectivity index (χ1n) is 4.47. The van der Waals surface area contributed by atoms with Crippen LogP contribution in [0.3, 0.4) is 0 Å². The summed E-state index contributed by atoms with van der Waals surface area (Å²) in [6, 6.07) is 0. The van der Waals surface area contributed by atoms with E-state index < -0.39 is 5.92 Å². The Morgan fingerprint density at radius 2 is 1.83 bits per heavy atom. The summed E-state index contributed by atoms with van der Waals surface area (Å²) in [4.78, 5) is 22.4. The molecule has 0 aliphatic heterocycles. The Bertz CT molecular complexity index is 166. The number of Topliss-reactive ketones (excluding diaryl/α,β-unsaturated/α-hetero) is 1. The second kappa shape index (κ2) is 5.75. The van der Waals surface area contributed by atoms with Crippen molar-refractivity contribution in [2.24, 2.45) is 5.92 Å². The molecule has 0 heterocycles. The van der Waals surface area contributed by atoms with Crippen LogP contribution in [-0.4, -0.2) is 18.2 Å². The largest absolute Gasteiger partial charge is 0.356 e. The van der Waals surface area contributed by atoms with Crippen LogP contribution in [0.25, 0.3) is 0 Å². The molecule has 1 amide bonds. The summed E-state index contributed by atoms with van der Waals surface area (Å²) in [6.45, 7) is 6.07. The molecule has 0 bridgehead atoms. The van der Waals surface area contributed by atoms with Gasteiger partial charge < -0.3 is 5.32 Å². The minimum Gasteiger partial charge on any atom is -0.356 e. The van der Waals surface area contributed by atoms with E-state index in [1.165, 1.54) is 0 Å². The van der Waals surface area contributed by atoms with Crippen molar-refractivity contribution in [1.29, 1.82) is 0 Å². The van der Waals surface area contributed by atoms with Gasteiger partial charge in [-0.15, -0.1) is 0 Å². The minimum atomic E-state index is -0.435. The lowest BCUT2D eigenvalue weighted by Gasteiger charge is -2.11. The van der Waals surface area contributed by atoms with Crippen molar-refractivity contribution < 1.29 is 9.59 Å². The normalized spacial score (nSPS) is 12.2. The average Bonchev–Trinajstić information content (AvgIpc) is 2.06. The number of hydrogen-bond donors (Lipinski definition) is 1. The highest BCUT2D eigenvalue weighted by Gasteiger charge is 2.21. The first-order valence-corrected chi connectivity index (χ1v) is 4.47. The standard InChI is InChI=1S/C9H17NO2/c1-4-7(8(11)5-2)9(12)10-6-3/h7H,4-6H2,1-3H3,(H,10,12). The van der Waals surface area contributed by atoms with E-state index in [0.29, 0.717) is 19.4 Å². The van der Waals surface area contributed by atoms with Crippen LogP contribution < -0.4 is 5.32 Å². The van der Waals surface area contributed by atoms with Crippen LogP contribution in [0.2, 0.25) is 0 Å². The van der Waals surface area contributed by atoms with Crippen LogP contribution in [0.15, 0.2) is 0 Å². The van der Waals surface area contributed by atoms with Gasteiger partial charge in [-0.1, -0.05) is 13.8 Å². The molecule has 1 N–H and O–H groups in total. The summed E-state index contributed by atoms with van der Waals surface area (Å²) in [5.74, 6) is -0.537. The molecule has 12 heavy (non-hydrogen) atoms. The summed E-state index contributed by atoms with van der Waals surface area (Å²) in [7, 11) is 0. The lowest BCUT2D eigenvalue weighted by molar-refractivity contribution is -0.133. The van der Waals surface area contributed by atoms with Crippen molar-refractivity contribution in [3.63, 3.8) is 0 Å². The minimum absolute atomic E-state index is 0.0310. The highest BCUT2D eigenvalue weighted by atomic mass is 16.2. The van der Waals surface area contributed by atoms with Gasteiger partial charge in [0, 0.05) is 13.0 Å². The van der Waals surface area contributed by atoms with E-state index in [4.69, 9.17) is 0 Å². The van der Waals surface area contributed by atoms with Gasteiger partial charge in [0.05, 0.1) is 5.92 Å². The molecule has 0 saturated carbocycles. The molecule has 0 aliphatic rings. The van der Waals surface area contributed by atoms with Crippen LogP contribution in [0, 0.1) is 5.92 Å². The van der Waals surface area contributed by atoms with Gasteiger partial charge in [0.15, 0.2) is 0 Å². The van der Waals surface area contributed by atoms with E-state index in [-0.39, 0.29) is 11.7 Å². The number of carbonyl (C=O) groups excluding carboxylic acids is 2. The number of rotatable bonds is 5.